The summed E-state index contributed by atoms with van der Waals surface area (Å²) < 4.78 is 0. The van der Waals surface area contributed by atoms with Gasteiger partial charge in [-0.15, -0.1) is 0 Å². The van der Waals surface area contributed by atoms with Gasteiger partial charge in [0.05, 0.1) is 5.41 Å². The summed E-state index contributed by atoms with van der Waals surface area (Å²) in [6, 6.07) is 6.77. The SMILES string of the molecule is C=CC(=O)Nc1cccc(C(C)(C)C(=O)O)c1. The van der Waals surface area contributed by atoms with E-state index in [0.717, 1.165) is 6.08 Å². The lowest BCUT2D eigenvalue weighted by molar-refractivity contribution is -0.142. The molecule has 0 aliphatic rings. The molecule has 1 rings (SSSR count). The summed E-state index contributed by atoms with van der Waals surface area (Å²) in [5.74, 6) is -1.24. The molecule has 0 saturated carbocycles. The third kappa shape index (κ3) is 2.93. The number of aliphatic carboxylic acids is 1. The second-order valence-electron chi connectivity index (χ2n) is 4.20. The number of benzene rings is 1. The largest absolute Gasteiger partial charge is 0.481 e. The molecule has 0 aromatic heterocycles. The number of hydrogen-bond acceptors (Lipinski definition) is 2. The number of carboxylic acid groups (broad SMARTS) is 1. The summed E-state index contributed by atoms with van der Waals surface area (Å²) in [6.45, 7) is 6.58. The van der Waals surface area contributed by atoms with Gasteiger partial charge >= 0.3 is 5.97 Å². The summed E-state index contributed by atoms with van der Waals surface area (Å²) in [6.07, 6.45) is 1.16. The van der Waals surface area contributed by atoms with Gasteiger partial charge in [-0.2, -0.15) is 0 Å². The molecule has 0 saturated heterocycles. The molecular formula is C13H15NO3. The second kappa shape index (κ2) is 4.82. The lowest BCUT2D eigenvalue weighted by atomic mass is 9.84. The van der Waals surface area contributed by atoms with E-state index in [1.807, 2.05) is 0 Å². The third-order valence-electron chi connectivity index (χ3n) is 2.57. The quantitative estimate of drug-likeness (QED) is 0.783. The molecule has 17 heavy (non-hydrogen) atoms. The van der Waals surface area contributed by atoms with Gasteiger partial charge in [0.1, 0.15) is 0 Å². The molecule has 0 atom stereocenters. The van der Waals surface area contributed by atoms with E-state index >= 15 is 0 Å². The Labute approximate surface area is 100.0 Å². The maximum atomic E-state index is 11.1. The van der Waals surface area contributed by atoms with Gasteiger partial charge in [0.2, 0.25) is 5.91 Å². The van der Waals surface area contributed by atoms with Gasteiger partial charge in [-0.05, 0) is 37.6 Å². The molecule has 2 N–H and O–H groups in total. The van der Waals surface area contributed by atoms with Crippen LogP contribution in [0.5, 0.6) is 0 Å². The van der Waals surface area contributed by atoms with Gasteiger partial charge in [0, 0.05) is 5.69 Å². The predicted molar refractivity (Wildman–Crippen MR) is 65.9 cm³/mol. The topological polar surface area (TPSA) is 66.4 Å². The fraction of sp³-hybridized carbons (Fsp3) is 0.231. The summed E-state index contributed by atoms with van der Waals surface area (Å²) in [5, 5.41) is 11.7. The van der Waals surface area contributed by atoms with Crippen LogP contribution in [0.4, 0.5) is 5.69 Å². The molecule has 0 radical (unpaired) electrons. The number of carboxylic acids is 1. The van der Waals surface area contributed by atoms with Crippen molar-refractivity contribution in [2.45, 2.75) is 19.3 Å². The highest BCUT2D eigenvalue weighted by Gasteiger charge is 2.29. The Kier molecular flexibility index (Phi) is 3.68. The summed E-state index contributed by atoms with van der Waals surface area (Å²) in [5.41, 5.74) is 0.197. The minimum absolute atomic E-state index is 0.324. The van der Waals surface area contributed by atoms with Crippen molar-refractivity contribution in [1.29, 1.82) is 0 Å². The summed E-state index contributed by atoms with van der Waals surface area (Å²) in [7, 11) is 0. The molecular weight excluding hydrogens is 218 g/mol. The van der Waals surface area contributed by atoms with Crippen molar-refractivity contribution in [3.8, 4) is 0 Å². The zero-order chi connectivity index (χ0) is 13.1. The molecule has 0 aliphatic carbocycles. The average Bonchev–Trinajstić information content (AvgIpc) is 2.29. The second-order valence-corrected chi connectivity index (χ2v) is 4.20. The molecule has 4 nitrogen and oxygen atoms in total. The van der Waals surface area contributed by atoms with E-state index in [1.54, 1.807) is 38.1 Å². The van der Waals surface area contributed by atoms with E-state index in [9.17, 15) is 9.59 Å². The van der Waals surface area contributed by atoms with Crippen LogP contribution in [-0.4, -0.2) is 17.0 Å². The number of nitrogens with one attached hydrogen (secondary N) is 1. The number of rotatable bonds is 4. The van der Waals surface area contributed by atoms with Gasteiger partial charge in [-0.3, -0.25) is 9.59 Å². The smallest absolute Gasteiger partial charge is 0.313 e. The van der Waals surface area contributed by atoms with Crippen LogP contribution >= 0.6 is 0 Å². The fourth-order valence-corrected chi connectivity index (χ4v) is 1.30. The normalized spacial score (nSPS) is 10.7. The van der Waals surface area contributed by atoms with Crippen molar-refractivity contribution >= 4 is 17.6 Å². The molecule has 0 unspecified atom stereocenters. The van der Waals surface area contributed by atoms with Crippen molar-refractivity contribution in [3.05, 3.63) is 42.5 Å². The number of amides is 1. The third-order valence-corrected chi connectivity index (χ3v) is 2.57. The molecule has 4 heteroatoms. The Morgan fingerprint density at radius 2 is 2.06 bits per heavy atom. The Balaban J connectivity index is 3.05. The lowest BCUT2D eigenvalue weighted by Gasteiger charge is -2.20. The van der Waals surface area contributed by atoms with E-state index in [0.29, 0.717) is 11.3 Å². The lowest BCUT2D eigenvalue weighted by Crippen LogP contribution is -2.28. The van der Waals surface area contributed by atoms with Gasteiger partial charge in [0.25, 0.3) is 0 Å². The standard InChI is InChI=1S/C13H15NO3/c1-4-11(15)14-10-7-5-6-9(8-10)13(2,3)12(16)17/h4-8H,1H2,2-3H3,(H,14,15)(H,16,17). The van der Waals surface area contributed by atoms with E-state index < -0.39 is 11.4 Å². The maximum absolute atomic E-state index is 11.1. The molecule has 0 spiro atoms. The van der Waals surface area contributed by atoms with Crippen molar-refractivity contribution < 1.29 is 14.7 Å². The van der Waals surface area contributed by atoms with Gasteiger partial charge in [-0.1, -0.05) is 18.7 Å². The average molecular weight is 233 g/mol. The Morgan fingerprint density at radius 1 is 1.41 bits per heavy atom. The van der Waals surface area contributed by atoms with Gasteiger partial charge in [0.15, 0.2) is 0 Å². The summed E-state index contributed by atoms with van der Waals surface area (Å²) in [4.78, 5) is 22.2. The Bertz CT molecular complexity index is 463. The molecule has 0 aliphatic heterocycles. The Morgan fingerprint density at radius 3 is 2.59 bits per heavy atom. The van der Waals surface area contributed by atoms with E-state index in [4.69, 9.17) is 5.11 Å². The van der Waals surface area contributed by atoms with Gasteiger partial charge in [-0.25, -0.2) is 0 Å². The van der Waals surface area contributed by atoms with Crippen molar-refractivity contribution in [3.63, 3.8) is 0 Å². The molecule has 1 aromatic carbocycles. The van der Waals surface area contributed by atoms with Crippen LogP contribution in [0.3, 0.4) is 0 Å². The van der Waals surface area contributed by atoms with E-state index in [-0.39, 0.29) is 5.91 Å². The van der Waals surface area contributed by atoms with Crippen molar-refractivity contribution in [2.24, 2.45) is 0 Å². The van der Waals surface area contributed by atoms with Gasteiger partial charge < -0.3 is 10.4 Å². The number of hydrogen-bond donors (Lipinski definition) is 2. The zero-order valence-corrected chi connectivity index (χ0v) is 9.86. The molecule has 0 fully saturated rings. The van der Waals surface area contributed by atoms with Crippen LogP contribution in [0.1, 0.15) is 19.4 Å². The monoisotopic (exact) mass is 233 g/mol. The molecule has 0 bridgehead atoms. The van der Waals surface area contributed by atoms with Crippen LogP contribution in [0.2, 0.25) is 0 Å². The van der Waals surface area contributed by atoms with Crippen molar-refractivity contribution in [2.75, 3.05) is 5.32 Å². The zero-order valence-electron chi connectivity index (χ0n) is 9.86. The number of carbonyl (C=O) groups is 2. The van der Waals surface area contributed by atoms with Crippen LogP contribution < -0.4 is 5.32 Å². The van der Waals surface area contributed by atoms with Crippen LogP contribution in [0.25, 0.3) is 0 Å². The number of anilines is 1. The fourth-order valence-electron chi connectivity index (χ4n) is 1.30. The first-order valence-corrected chi connectivity index (χ1v) is 5.15. The first kappa shape index (κ1) is 13.0. The minimum Gasteiger partial charge on any atom is -0.481 e. The van der Waals surface area contributed by atoms with E-state index in [2.05, 4.69) is 11.9 Å². The molecule has 0 heterocycles. The first-order chi connectivity index (χ1) is 7.87. The van der Waals surface area contributed by atoms with Crippen LogP contribution in [0, 0.1) is 0 Å². The summed E-state index contributed by atoms with van der Waals surface area (Å²) >= 11 is 0. The molecule has 1 amide bonds. The maximum Gasteiger partial charge on any atom is 0.313 e. The Hall–Kier alpha value is -2.10. The first-order valence-electron chi connectivity index (χ1n) is 5.15. The van der Waals surface area contributed by atoms with Crippen LogP contribution in [-0.2, 0) is 15.0 Å². The van der Waals surface area contributed by atoms with Crippen molar-refractivity contribution in [1.82, 2.24) is 0 Å². The highest BCUT2D eigenvalue weighted by Crippen LogP contribution is 2.25. The predicted octanol–water partition coefficient (Wildman–Crippen LogP) is 2.17. The molecule has 90 valence electrons. The molecule has 1 aromatic rings. The minimum atomic E-state index is -0.991. The highest BCUT2D eigenvalue weighted by atomic mass is 16.4. The van der Waals surface area contributed by atoms with E-state index in [1.165, 1.54) is 0 Å². The number of carbonyl (C=O) groups excluding carboxylic acids is 1. The van der Waals surface area contributed by atoms with Crippen LogP contribution in [0.15, 0.2) is 36.9 Å². The highest BCUT2D eigenvalue weighted by molar-refractivity contribution is 5.99.